The number of hydrogen-bond acceptors (Lipinski definition) is 2. The van der Waals surface area contributed by atoms with Crippen molar-refractivity contribution in [2.75, 3.05) is 0 Å². The van der Waals surface area contributed by atoms with Crippen LogP contribution >= 0.6 is 27.3 Å². The van der Waals surface area contributed by atoms with Gasteiger partial charge in [0.1, 0.15) is 0 Å². The van der Waals surface area contributed by atoms with E-state index in [0.717, 1.165) is 17.7 Å². The average molecular weight is 300 g/mol. The van der Waals surface area contributed by atoms with Crippen molar-refractivity contribution < 1.29 is 4.79 Å². The van der Waals surface area contributed by atoms with E-state index < -0.39 is 0 Å². The molecule has 0 N–H and O–H groups in total. The van der Waals surface area contributed by atoms with E-state index in [1.165, 1.54) is 12.8 Å². The van der Waals surface area contributed by atoms with Gasteiger partial charge in [-0.05, 0) is 37.1 Å². The van der Waals surface area contributed by atoms with E-state index >= 15 is 0 Å². The SMILES string of the molecule is O=C(c1cccs1)N1C2CCC1CC(Br)C2. The fraction of sp³-hybridized carbons (Fsp3) is 0.583. The minimum absolute atomic E-state index is 0.252. The van der Waals surface area contributed by atoms with Gasteiger partial charge in [0.25, 0.3) is 5.91 Å². The number of thiophene rings is 1. The summed E-state index contributed by atoms with van der Waals surface area (Å²) >= 11 is 5.25. The fourth-order valence-electron chi connectivity index (χ4n) is 2.97. The Labute approximate surface area is 108 Å². The highest BCUT2D eigenvalue weighted by atomic mass is 79.9. The lowest BCUT2D eigenvalue weighted by molar-refractivity contribution is 0.0608. The Kier molecular flexibility index (Phi) is 2.80. The number of fused-ring (bicyclic) bond motifs is 2. The zero-order valence-corrected chi connectivity index (χ0v) is 11.3. The Morgan fingerprint density at radius 3 is 2.62 bits per heavy atom. The lowest BCUT2D eigenvalue weighted by Crippen LogP contribution is -2.46. The van der Waals surface area contributed by atoms with Crippen LogP contribution in [0.25, 0.3) is 0 Å². The van der Waals surface area contributed by atoms with Gasteiger partial charge in [-0.1, -0.05) is 22.0 Å². The van der Waals surface area contributed by atoms with Crippen LogP contribution in [-0.2, 0) is 0 Å². The van der Waals surface area contributed by atoms with Crippen molar-refractivity contribution in [3.05, 3.63) is 22.4 Å². The van der Waals surface area contributed by atoms with E-state index in [1.54, 1.807) is 11.3 Å². The second kappa shape index (κ2) is 4.15. The van der Waals surface area contributed by atoms with Crippen molar-refractivity contribution in [1.29, 1.82) is 0 Å². The molecule has 2 aliphatic rings. The third kappa shape index (κ3) is 1.72. The molecular formula is C12H14BrNOS. The number of amides is 1. The number of alkyl halides is 1. The van der Waals surface area contributed by atoms with Crippen molar-refractivity contribution in [2.45, 2.75) is 42.6 Å². The molecule has 2 atom stereocenters. The first-order valence-corrected chi connectivity index (χ1v) is 7.55. The topological polar surface area (TPSA) is 20.3 Å². The minimum Gasteiger partial charge on any atom is -0.332 e. The normalized spacial score (nSPS) is 33.1. The van der Waals surface area contributed by atoms with E-state index in [2.05, 4.69) is 20.8 Å². The number of rotatable bonds is 1. The van der Waals surface area contributed by atoms with Crippen molar-refractivity contribution in [2.24, 2.45) is 0 Å². The summed E-state index contributed by atoms with van der Waals surface area (Å²) in [5, 5.41) is 1.98. The summed E-state index contributed by atoms with van der Waals surface area (Å²) in [4.78, 5) is 16.0. The molecular weight excluding hydrogens is 286 g/mol. The lowest BCUT2D eigenvalue weighted by atomic mass is 10.0. The highest BCUT2D eigenvalue weighted by molar-refractivity contribution is 9.09. The molecule has 2 saturated heterocycles. The second-order valence-electron chi connectivity index (χ2n) is 4.64. The largest absolute Gasteiger partial charge is 0.332 e. The van der Waals surface area contributed by atoms with Crippen LogP contribution in [-0.4, -0.2) is 27.7 Å². The molecule has 4 heteroatoms. The van der Waals surface area contributed by atoms with Gasteiger partial charge in [-0.15, -0.1) is 11.3 Å². The number of hydrogen-bond donors (Lipinski definition) is 0. The van der Waals surface area contributed by atoms with Crippen LogP contribution in [0.15, 0.2) is 17.5 Å². The first-order chi connectivity index (χ1) is 7.75. The van der Waals surface area contributed by atoms with E-state index in [1.807, 2.05) is 17.5 Å². The van der Waals surface area contributed by atoms with E-state index in [-0.39, 0.29) is 5.91 Å². The standard InChI is InChI=1S/C12H14BrNOS/c13-8-6-9-3-4-10(7-8)14(9)12(15)11-2-1-5-16-11/h1-2,5,8-10H,3-4,6-7H2. The number of carbonyl (C=O) groups excluding carboxylic acids is 1. The van der Waals surface area contributed by atoms with Gasteiger partial charge in [0.15, 0.2) is 0 Å². The summed E-state index contributed by atoms with van der Waals surface area (Å²) in [7, 11) is 0. The molecule has 2 bridgehead atoms. The molecule has 0 spiro atoms. The molecule has 0 aromatic carbocycles. The monoisotopic (exact) mass is 299 g/mol. The molecule has 16 heavy (non-hydrogen) atoms. The lowest BCUT2D eigenvalue weighted by Gasteiger charge is -2.36. The summed E-state index contributed by atoms with van der Waals surface area (Å²) in [5.74, 6) is 0.252. The summed E-state index contributed by atoms with van der Waals surface area (Å²) in [5.41, 5.74) is 0. The van der Waals surface area contributed by atoms with Gasteiger partial charge in [0.2, 0.25) is 0 Å². The number of piperidine rings is 1. The fourth-order valence-corrected chi connectivity index (χ4v) is 4.50. The molecule has 2 unspecified atom stereocenters. The van der Waals surface area contributed by atoms with E-state index in [9.17, 15) is 4.79 Å². The molecule has 1 aromatic heterocycles. The van der Waals surface area contributed by atoms with Crippen LogP contribution in [0.2, 0.25) is 0 Å². The van der Waals surface area contributed by atoms with Crippen LogP contribution in [0.3, 0.4) is 0 Å². The summed E-state index contributed by atoms with van der Waals surface area (Å²) in [6.45, 7) is 0. The first kappa shape index (κ1) is 10.8. The Morgan fingerprint density at radius 1 is 1.38 bits per heavy atom. The number of nitrogens with zero attached hydrogens (tertiary/aromatic N) is 1. The molecule has 86 valence electrons. The smallest absolute Gasteiger partial charge is 0.264 e. The molecule has 1 amide bonds. The molecule has 2 aliphatic heterocycles. The third-order valence-electron chi connectivity index (χ3n) is 3.64. The van der Waals surface area contributed by atoms with Crippen LogP contribution < -0.4 is 0 Å². The highest BCUT2D eigenvalue weighted by Crippen LogP contribution is 2.39. The van der Waals surface area contributed by atoms with E-state index in [0.29, 0.717) is 16.9 Å². The second-order valence-corrected chi connectivity index (χ2v) is 6.89. The Hall–Kier alpha value is -0.350. The molecule has 1 aromatic rings. The van der Waals surface area contributed by atoms with Gasteiger partial charge in [-0.2, -0.15) is 0 Å². The quantitative estimate of drug-likeness (QED) is 0.729. The van der Waals surface area contributed by atoms with Gasteiger partial charge >= 0.3 is 0 Å². The first-order valence-electron chi connectivity index (χ1n) is 5.76. The van der Waals surface area contributed by atoms with Crippen molar-refractivity contribution in [3.8, 4) is 0 Å². The maximum atomic E-state index is 12.3. The van der Waals surface area contributed by atoms with Gasteiger partial charge in [-0.3, -0.25) is 4.79 Å². The van der Waals surface area contributed by atoms with Gasteiger partial charge < -0.3 is 4.90 Å². The van der Waals surface area contributed by atoms with Crippen LogP contribution in [0.1, 0.15) is 35.4 Å². The van der Waals surface area contributed by atoms with Crippen molar-refractivity contribution in [1.82, 2.24) is 4.90 Å². The average Bonchev–Trinajstić information content (AvgIpc) is 2.85. The van der Waals surface area contributed by atoms with E-state index in [4.69, 9.17) is 0 Å². The molecule has 3 rings (SSSR count). The maximum absolute atomic E-state index is 12.3. The van der Waals surface area contributed by atoms with Crippen molar-refractivity contribution in [3.63, 3.8) is 0 Å². The minimum atomic E-state index is 0.252. The molecule has 0 radical (unpaired) electrons. The third-order valence-corrected chi connectivity index (χ3v) is 5.25. The van der Waals surface area contributed by atoms with Gasteiger partial charge in [0, 0.05) is 16.9 Å². The van der Waals surface area contributed by atoms with Crippen LogP contribution in [0.4, 0.5) is 0 Å². The zero-order valence-electron chi connectivity index (χ0n) is 8.93. The summed E-state index contributed by atoms with van der Waals surface area (Å²) < 4.78 is 0. The predicted octanol–water partition coefficient (Wildman–Crippen LogP) is 3.28. The molecule has 0 aliphatic carbocycles. The predicted molar refractivity (Wildman–Crippen MR) is 69.2 cm³/mol. The number of halogens is 1. The van der Waals surface area contributed by atoms with Crippen LogP contribution in [0, 0.1) is 0 Å². The summed E-state index contributed by atoms with van der Waals surface area (Å²) in [6, 6.07) is 4.83. The molecule has 0 saturated carbocycles. The molecule has 3 heterocycles. The summed E-state index contributed by atoms with van der Waals surface area (Å²) in [6.07, 6.45) is 4.61. The Morgan fingerprint density at radius 2 is 2.06 bits per heavy atom. The highest BCUT2D eigenvalue weighted by Gasteiger charge is 2.42. The zero-order chi connectivity index (χ0) is 11.1. The van der Waals surface area contributed by atoms with Gasteiger partial charge in [-0.25, -0.2) is 0 Å². The Balaban J connectivity index is 1.84. The Bertz CT molecular complexity index is 378. The van der Waals surface area contributed by atoms with Gasteiger partial charge in [0.05, 0.1) is 4.88 Å². The van der Waals surface area contributed by atoms with Crippen LogP contribution in [0.5, 0.6) is 0 Å². The van der Waals surface area contributed by atoms with Crippen molar-refractivity contribution >= 4 is 33.2 Å². The molecule has 2 nitrogen and oxygen atoms in total. The maximum Gasteiger partial charge on any atom is 0.264 e. The number of carbonyl (C=O) groups is 1. The molecule has 2 fully saturated rings.